The molecule has 3 heterocycles. The number of nitrogens with zero attached hydrogens (tertiary/aromatic N) is 2. The van der Waals surface area contributed by atoms with Crippen molar-refractivity contribution in [1.82, 2.24) is 9.88 Å². The molecular weight excluding hydrogens is 336 g/mol. The van der Waals surface area contributed by atoms with E-state index in [0.29, 0.717) is 6.04 Å². The van der Waals surface area contributed by atoms with E-state index >= 15 is 0 Å². The molecule has 3 nitrogen and oxygen atoms in total. The Morgan fingerprint density at radius 3 is 3.04 bits per heavy atom. The Morgan fingerprint density at radius 1 is 1.25 bits per heavy atom. The van der Waals surface area contributed by atoms with E-state index in [1.54, 1.807) is 29.8 Å². The van der Waals surface area contributed by atoms with Crippen LogP contribution in [0.2, 0.25) is 0 Å². The van der Waals surface area contributed by atoms with Gasteiger partial charge in [-0.3, -0.25) is 4.90 Å². The molecule has 0 bridgehead atoms. The first-order valence-electron chi connectivity index (χ1n) is 8.20. The number of aromatic nitrogens is 1. The lowest BCUT2D eigenvalue weighted by atomic mass is 10.0. The molecule has 0 N–H and O–H groups in total. The van der Waals surface area contributed by atoms with Crippen molar-refractivity contribution >= 4 is 22.7 Å². The highest BCUT2D eigenvalue weighted by Gasteiger charge is 2.26. The lowest BCUT2D eigenvalue weighted by Crippen LogP contribution is -2.22. The quantitative estimate of drug-likeness (QED) is 0.627. The number of hydrogen-bond acceptors (Lipinski definition) is 5. The van der Waals surface area contributed by atoms with E-state index in [-0.39, 0.29) is 0 Å². The van der Waals surface area contributed by atoms with Crippen LogP contribution in [0.4, 0.5) is 0 Å². The number of hydrogen-bond donors (Lipinski definition) is 0. The minimum Gasteiger partial charge on any atom is -0.497 e. The standard InChI is InChI=1S/C19H20N2OS2/c1-22-16-6-2-5-14(11-16)17-7-3-9-21(17)12-15-13-24-19(20-15)18-8-4-10-23-18/h2,4-6,8,10-11,13,17H,3,7,9,12H2,1H3. The minimum atomic E-state index is 0.465. The molecular formula is C19H20N2OS2. The highest BCUT2D eigenvalue weighted by molar-refractivity contribution is 7.20. The summed E-state index contributed by atoms with van der Waals surface area (Å²) in [5, 5.41) is 5.45. The molecule has 4 rings (SSSR count). The molecule has 1 unspecified atom stereocenters. The third-order valence-corrected chi connectivity index (χ3v) is 6.42. The van der Waals surface area contributed by atoms with Gasteiger partial charge < -0.3 is 4.74 Å². The van der Waals surface area contributed by atoms with Crippen LogP contribution >= 0.6 is 22.7 Å². The predicted molar refractivity (Wildman–Crippen MR) is 101 cm³/mol. The second kappa shape index (κ2) is 7.05. The van der Waals surface area contributed by atoms with Crippen LogP contribution in [0.25, 0.3) is 9.88 Å². The van der Waals surface area contributed by atoms with Crippen LogP contribution in [-0.4, -0.2) is 23.5 Å². The zero-order chi connectivity index (χ0) is 16.4. The molecule has 1 aliphatic rings. The lowest BCUT2D eigenvalue weighted by Gasteiger charge is -2.24. The first-order valence-corrected chi connectivity index (χ1v) is 9.96. The van der Waals surface area contributed by atoms with Crippen LogP contribution in [0.3, 0.4) is 0 Å². The molecule has 0 aliphatic carbocycles. The van der Waals surface area contributed by atoms with Crippen LogP contribution < -0.4 is 4.74 Å². The van der Waals surface area contributed by atoms with Gasteiger partial charge in [0.1, 0.15) is 10.8 Å². The first-order chi connectivity index (χ1) is 11.8. The van der Waals surface area contributed by atoms with E-state index < -0.39 is 0 Å². The van der Waals surface area contributed by atoms with Gasteiger partial charge in [-0.05, 0) is 48.5 Å². The number of thiophene rings is 1. The summed E-state index contributed by atoms with van der Waals surface area (Å²) in [5.41, 5.74) is 2.53. The molecule has 0 spiro atoms. The fourth-order valence-corrected chi connectivity index (χ4v) is 4.97. The summed E-state index contributed by atoms with van der Waals surface area (Å²) < 4.78 is 5.38. The average molecular weight is 357 g/mol. The van der Waals surface area contributed by atoms with Gasteiger partial charge in [-0.1, -0.05) is 18.2 Å². The summed E-state index contributed by atoms with van der Waals surface area (Å²) in [7, 11) is 1.73. The number of methoxy groups -OCH3 is 1. The minimum absolute atomic E-state index is 0.465. The van der Waals surface area contributed by atoms with E-state index in [1.807, 2.05) is 6.07 Å². The maximum Gasteiger partial charge on any atom is 0.133 e. The number of rotatable bonds is 5. The topological polar surface area (TPSA) is 25.4 Å². The zero-order valence-corrected chi connectivity index (χ0v) is 15.3. The molecule has 1 saturated heterocycles. The Hall–Kier alpha value is -1.69. The van der Waals surface area contributed by atoms with Gasteiger partial charge in [-0.25, -0.2) is 4.98 Å². The fraction of sp³-hybridized carbons (Fsp3) is 0.316. The SMILES string of the molecule is COc1cccc(C2CCCN2Cc2csc(-c3cccs3)n2)c1. The van der Waals surface area contributed by atoms with Crippen LogP contribution in [0.5, 0.6) is 5.75 Å². The number of ether oxygens (including phenoxy) is 1. The van der Waals surface area contributed by atoms with E-state index in [0.717, 1.165) is 23.8 Å². The predicted octanol–water partition coefficient (Wildman–Crippen LogP) is 5.22. The Kier molecular flexibility index (Phi) is 4.65. The van der Waals surface area contributed by atoms with Gasteiger partial charge in [0.05, 0.1) is 17.7 Å². The molecule has 5 heteroatoms. The molecule has 3 aromatic rings. The fourth-order valence-electron chi connectivity index (χ4n) is 3.34. The Labute approximate surface area is 150 Å². The number of thiazole rings is 1. The maximum atomic E-state index is 5.38. The molecule has 0 saturated carbocycles. The number of likely N-dealkylation sites (tertiary alicyclic amines) is 1. The summed E-state index contributed by atoms with van der Waals surface area (Å²) >= 11 is 3.50. The molecule has 1 atom stereocenters. The van der Waals surface area contributed by atoms with Crippen LogP contribution in [0.15, 0.2) is 47.2 Å². The van der Waals surface area contributed by atoms with Crippen LogP contribution in [0.1, 0.15) is 30.1 Å². The van der Waals surface area contributed by atoms with Gasteiger partial charge in [-0.15, -0.1) is 22.7 Å². The summed E-state index contributed by atoms with van der Waals surface area (Å²) in [6.45, 7) is 2.05. The second-order valence-electron chi connectivity index (χ2n) is 6.03. The van der Waals surface area contributed by atoms with Gasteiger partial charge in [0.15, 0.2) is 0 Å². The monoisotopic (exact) mass is 356 g/mol. The van der Waals surface area contributed by atoms with Crippen LogP contribution in [0, 0.1) is 0 Å². The molecule has 1 fully saturated rings. The highest BCUT2D eigenvalue weighted by Crippen LogP contribution is 2.35. The third-order valence-electron chi connectivity index (χ3n) is 4.49. The van der Waals surface area contributed by atoms with Gasteiger partial charge in [-0.2, -0.15) is 0 Å². The first kappa shape index (κ1) is 15.8. The van der Waals surface area contributed by atoms with Gasteiger partial charge >= 0.3 is 0 Å². The molecule has 0 radical (unpaired) electrons. The van der Waals surface area contributed by atoms with Gasteiger partial charge in [0, 0.05) is 18.0 Å². The summed E-state index contributed by atoms with van der Waals surface area (Å²) in [4.78, 5) is 8.65. The van der Waals surface area contributed by atoms with Crippen molar-refractivity contribution in [2.75, 3.05) is 13.7 Å². The van der Waals surface area contributed by atoms with Gasteiger partial charge in [0.25, 0.3) is 0 Å². The molecule has 2 aromatic heterocycles. The zero-order valence-electron chi connectivity index (χ0n) is 13.6. The Bertz CT molecular complexity index is 797. The van der Waals surface area contributed by atoms with Crippen molar-refractivity contribution in [3.63, 3.8) is 0 Å². The third kappa shape index (κ3) is 3.24. The molecule has 1 aromatic carbocycles. The molecule has 24 heavy (non-hydrogen) atoms. The molecule has 0 amide bonds. The van der Waals surface area contributed by atoms with Crippen molar-refractivity contribution in [1.29, 1.82) is 0 Å². The van der Waals surface area contributed by atoms with Crippen LogP contribution in [-0.2, 0) is 6.54 Å². The second-order valence-corrected chi connectivity index (χ2v) is 7.83. The van der Waals surface area contributed by atoms with Crippen molar-refractivity contribution < 1.29 is 4.74 Å². The number of benzene rings is 1. The molecule has 124 valence electrons. The molecule has 1 aliphatic heterocycles. The van der Waals surface area contributed by atoms with E-state index in [1.165, 1.54) is 29.0 Å². The summed E-state index contributed by atoms with van der Waals surface area (Å²) in [6, 6.07) is 13.2. The van der Waals surface area contributed by atoms with E-state index in [9.17, 15) is 0 Å². The van der Waals surface area contributed by atoms with Crippen molar-refractivity contribution in [2.24, 2.45) is 0 Å². The Morgan fingerprint density at radius 2 is 2.21 bits per heavy atom. The van der Waals surface area contributed by atoms with Crippen molar-refractivity contribution in [2.45, 2.75) is 25.4 Å². The summed E-state index contributed by atoms with van der Waals surface area (Å²) in [6.07, 6.45) is 2.44. The average Bonchev–Trinajstić information content (AvgIpc) is 3.36. The van der Waals surface area contributed by atoms with Crippen molar-refractivity contribution in [3.05, 3.63) is 58.4 Å². The van der Waals surface area contributed by atoms with Gasteiger partial charge in [0.2, 0.25) is 0 Å². The maximum absolute atomic E-state index is 5.38. The largest absolute Gasteiger partial charge is 0.497 e. The van der Waals surface area contributed by atoms with Crippen molar-refractivity contribution in [3.8, 4) is 15.6 Å². The lowest BCUT2D eigenvalue weighted by molar-refractivity contribution is 0.245. The highest BCUT2D eigenvalue weighted by atomic mass is 32.1. The summed E-state index contributed by atoms with van der Waals surface area (Å²) in [5.74, 6) is 0.938. The normalized spacial score (nSPS) is 18.1. The van der Waals surface area contributed by atoms with E-state index in [2.05, 4.69) is 46.0 Å². The Balaban J connectivity index is 1.51. The smallest absolute Gasteiger partial charge is 0.133 e. The van der Waals surface area contributed by atoms with E-state index in [4.69, 9.17) is 9.72 Å².